The number of fused-ring (bicyclic) bond motifs is 2. The van der Waals surface area contributed by atoms with Gasteiger partial charge in [-0.1, -0.05) is 38.1 Å². The molecule has 1 spiro atoms. The fourth-order valence-corrected chi connectivity index (χ4v) is 12.1. The number of anilines is 2. The highest BCUT2D eigenvalue weighted by atomic mass is 32.2. The van der Waals surface area contributed by atoms with Crippen LogP contribution < -0.4 is 24.4 Å². The van der Waals surface area contributed by atoms with Gasteiger partial charge in [0, 0.05) is 55.0 Å². The summed E-state index contributed by atoms with van der Waals surface area (Å²) >= 11 is 0. The molecule has 3 saturated heterocycles. The van der Waals surface area contributed by atoms with Gasteiger partial charge < -0.3 is 29.6 Å². The second kappa shape index (κ2) is 17.2. The Morgan fingerprint density at radius 1 is 1.00 bits per heavy atom. The van der Waals surface area contributed by atoms with Crippen molar-refractivity contribution in [3.05, 3.63) is 100 Å². The van der Waals surface area contributed by atoms with Gasteiger partial charge >= 0.3 is 0 Å². The third kappa shape index (κ3) is 8.49. The maximum atomic E-state index is 14.0. The second-order valence-electron chi connectivity index (χ2n) is 19.2. The molecule has 1 unspecified atom stereocenters. The first kappa shape index (κ1) is 43.1. The minimum atomic E-state index is -4.67. The first-order valence-electron chi connectivity index (χ1n) is 23.0. The molecule has 3 aromatic heterocycles. The molecule has 3 N–H and O–H groups in total. The summed E-state index contributed by atoms with van der Waals surface area (Å²) in [6, 6.07) is 17.4. The van der Waals surface area contributed by atoms with Crippen LogP contribution in [0, 0.1) is 21.4 Å². The Kier molecular flexibility index (Phi) is 11.4. The second-order valence-corrected chi connectivity index (χ2v) is 20.8. The highest BCUT2D eigenvalue weighted by Crippen LogP contribution is 2.54. The zero-order valence-corrected chi connectivity index (χ0v) is 38.0. The molecule has 16 nitrogen and oxygen atoms in total. The minimum Gasteiger partial charge on any atom is -0.489 e. The van der Waals surface area contributed by atoms with Crippen LogP contribution in [0.2, 0.25) is 0 Å². The Labute approximate surface area is 379 Å². The van der Waals surface area contributed by atoms with Gasteiger partial charge in [0.15, 0.2) is 22.9 Å². The molecular weight excluding hydrogens is 847 g/mol. The van der Waals surface area contributed by atoms with Crippen molar-refractivity contribution in [3.8, 4) is 17.2 Å². The monoisotopic (exact) mass is 903 g/mol. The van der Waals surface area contributed by atoms with E-state index < -0.39 is 31.4 Å². The van der Waals surface area contributed by atoms with Gasteiger partial charge in [0.1, 0.15) is 18.0 Å². The van der Waals surface area contributed by atoms with E-state index in [2.05, 4.69) is 84.9 Å². The summed E-state index contributed by atoms with van der Waals surface area (Å²) in [5, 5.41) is 16.4. The lowest BCUT2D eigenvalue weighted by atomic mass is 9.59. The van der Waals surface area contributed by atoms with E-state index >= 15 is 0 Å². The van der Waals surface area contributed by atoms with Crippen molar-refractivity contribution < 1.29 is 27.6 Å². The number of aromatic nitrogens is 3. The number of hydrogen-bond acceptors (Lipinski definition) is 13. The summed E-state index contributed by atoms with van der Waals surface area (Å²) in [4.78, 5) is 44.5. The van der Waals surface area contributed by atoms with Gasteiger partial charge in [-0.2, -0.15) is 0 Å². The predicted molar refractivity (Wildman–Crippen MR) is 247 cm³/mol. The van der Waals surface area contributed by atoms with E-state index in [1.807, 2.05) is 6.07 Å². The summed E-state index contributed by atoms with van der Waals surface area (Å²) in [5.74, 6) is 0.0786. The van der Waals surface area contributed by atoms with E-state index in [1.165, 1.54) is 49.1 Å². The number of likely N-dealkylation sites (tertiary alicyclic amines) is 2. The third-order valence-electron chi connectivity index (χ3n) is 14.8. The SMILES string of the molecule is CC(C)c1ccccc1[C@@H]1CCCN1C1CC2(CCN(c3cnc(C(=O)NS(=O)(=O)c4cc5c(c([N+](=O)[O-])c4)NC(C4CCN(C)CC4)CO5)c(Oc4cnc5[nH]ccc5c4)c3)CC2)C1. The molecule has 342 valence electrons. The van der Waals surface area contributed by atoms with Gasteiger partial charge in [-0.15, -0.1) is 0 Å². The summed E-state index contributed by atoms with van der Waals surface area (Å²) in [5.41, 5.74) is 4.04. The number of ether oxygens (including phenoxy) is 2. The van der Waals surface area contributed by atoms with E-state index in [1.54, 1.807) is 24.5 Å². The van der Waals surface area contributed by atoms with E-state index in [4.69, 9.17) is 9.47 Å². The van der Waals surface area contributed by atoms with Crippen LogP contribution in [0.15, 0.2) is 78.1 Å². The predicted octanol–water partition coefficient (Wildman–Crippen LogP) is 8.00. The van der Waals surface area contributed by atoms with E-state index in [0.717, 1.165) is 75.5 Å². The summed E-state index contributed by atoms with van der Waals surface area (Å²) in [7, 11) is -2.61. The highest BCUT2D eigenvalue weighted by Gasteiger charge is 2.50. The van der Waals surface area contributed by atoms with E-state index in [9.17, 15) is 23.3 Å². The minimum absolute atomic E-state index is 0.0312. The molecule has 1 aliphatic carbocycles. The fraction of sp³-hybridized carbons (Fsp3) is 0.479. The van der Waals surface area contributed by atoms with Crippen LogP contribution in [0.4, 0.5) is 17.1 Å². The number of nitrogens with zero attached hydrogens (tertiary/aromatic N) is 6. The molecule has 5 aromatic rings. The van der Waals surface area contributed by atoms with Crippen LogP contribution in [-0.2, 0) is 10.0 Å². The third-order valence-corrected chi connectivity index (χ3v) is 16.1. The van der Waals surface area contributed by atoms with Crippen molar-refractivity contribution in [1.82, 2.24) is 29.5 Å². The van der Waals surface area contributed by atoms with Crippen LogP contribution in [0.5, 0.6) is 17.2 Å². The molecule has 4 aliphatic heterocycles. The molecular formula is C48H57N9O7S. The van der Waals surface area contributed by atoms with Crippen molar-refractivity contribution in [1.29, 1.82) is 0 Å². The standard InChI is InChI=1S/C48H57N9O7S/c1-30(2)37-7-4-5-8-38(37)40-9-6-16-56(40)34-25-48(26-34)13-19-55(20-14-48)33-22-43(64-35-21-32-10-15-49-46(32)51-28-35)45(50-27-33)47(58)53-65(61,62)36-23-41(57(59)60)44-42(24-36)63-29-39(52-44)31-11-17-54(3)18-12-31/h4-5,7-8,10,15,21-24,27-28,30-31,34,39-40,52H,6,9,11-14,16-20,25-26,29H2,1-3H3,(H,49,51)(H,53,58)/t39?,40-/m0/s1. The first-order chi connectivity index (χ1) is 31.3. The summed E-state index contributed by atoms with van der Waals surface area (Å²) in [6.07, 6.45) is 13.5. The Bertz CT molecular complexity index is 2720. The lowest BCUT2D eigenvalue weighted by Crippen LogP contribution is -2.55. The maximum absolute atomic E-state index is 14.0. The Hall–Kier alpha value is -5.78. The highest BCUT2D eigenvalue weighted by molar-refractivity contribution is 7.90. The normalized spacial score (nSPS) is 21.8. The van der Waals surface area contributed by atoms with Crippen molar-refractivity contribution >= 4 is 44.0 Å². The van der Waals surface area contributed by atoms with Crippen molar-refractivity contribution in [2.24, 2.45) is 11.3 Å². The van der Waals surface area contributed by atoms with Crippen LogP contribution in [0.1, 0.15) is 98.8 Å². The molecule has 4 fully saturated rings. The molecule has 1 saturated carbocycles. The molecule has 7 heterocycles. The van der Waals surface area contributed by atoms with Gasteiger partial charge in [-0.25, -0.2) is 23.1 Å². The van der Waals surface area contributed by atoms with Crippen molar-refractivity contribution in [3.63, 3.8) is 0 Å². The number of H-pyrrole nitrogens is 1. The number of rotatable bonds is 11. The van der Waals surface area contributed by atoms with Gasteiger partial charge in [0.05, 0.1) is 33.9 Å². The smallest absolute Gasteiger partial charge is 0.297 e. The molecule has 65 heavy (non-hydrogen) atoms. The van der Waals surface area contributed by atoms with Gasteiger partial charge in [0.2, 0.25) is 0 Å². The maximum Gasteiger partial charge on any atom is 0.297 e. The number of carbonyl (C=O) groups excluding carboxylic acids is 1. The number of amides is 1. The van der Waals surface area contributed by atoms with E-state index in [-0.39, 0.29) is 46.9 Å². The molecule has 1 amide bonds. The number of aromatic amines is 1. The Morgan fingerprint density at radius 2 is 1.78 bits per heavy atom. The molecule has 5 aliphatic rings. The number of hydrogen-bond donors (Lipinski definition) is 3. The number of benzene rings is 2. The number of piperidine rings is 2. The molecule has 10 rings (SSSR count). The van der Waals surface area contributed by atoms with Gasteiger partial charge in [0.25, 0.3) is 21.6 Å². The van der Waals surface area contributed by atoms with Crippen LogP contribution >= 0.6 is 0 Å². The average molecular weight is 904 g/mol. The van der Waals surface area contributed by atoms with Crippen molar-refractivity contribution in [2.45, 2.75) is 94.2 Å². The number of nitro benzene ring substituents is 1. The number of nitro groups is 1. The fourth-order valence-electron chi connectivity index (χ4n) is 11.1. The molecule has 0 radical (unpaired) electrons. The van der Waals surface area contributed by atoms with Crippen LogP contribution in [0.3, 0.4) is 0 Å². The van der Waals surface area contributed by atoms with E-state index in [0.29, 0.717) is 29.4 Å². The van der Waals surface area contributed by atoms with Crippen molar-refractivity contribution in [2.75, 3.05) is 56.6 Å². The molecule has 2 aromatic carbocycles. The zero-order valence-electron chi connectivity index (χ0n) is 37.2. The zero-order chi connectivity index (χ0) is 45.0. The lowest BCUT2D eigenvalue weighted by Gasteiger charge is -2.56. The number of pyridine rings is 2. The van der Waals surface area contributed by atoms with Gasteiger partial charge in [-0.05, 0) is 119 Å². The summed E-state index contributed by atoms with van der Waals surface area (Å²) in [6.45, 7) is 9.36. The quantitative estimate of drug-likeness (QED) is 0.0856. The number of nitrogens with one attached hydrogen (secondary N) is 3. The molecule has 17 heteroatoms. The first-order valence-corrected chi connectivity index (χ1v) is 24.5. The Balaban J connectivity index is 0.857. The van der Waals surface area contributed by atoms with Crippen LogP contribution in [0.25, 0.3) is 11.0 Å². The number of sulfonamides is 1. The number of carbonyl (C=O) groups is 1. The van der Waals surface area contributed by atoms with Gasteiger partial charge in [-0.3, -0.25) is 19.8 Å². The largest absolute Gasteiger partial charge is 0.489 e. The topological polar surface area (TPSA) is 188 Å². The molecule has 0 bridgehead atoms. The van der Waals surface area contributed by atoms with Crippen LogP contribution in [-0.4, -0.2) is 102 Å². The summed E-state index contributed by atoms with van der Waals surface area (Å²) < 4.78 is 42.3. The average Bonchev–Trinajstić information content (AvgIpc) is 3.98. The molecule has 2 atom stereocenters. The lowest BCUT2D eigenvalue weighted by molar-refractivity contribution is -0.384. The Morgan fingerprint density at radius 3 is 2.55 bits per heavy atom.